The first kappa shape index (κ1) is 45.3. The minimum absolute atomic E-state index is 0.807. The van der Waals surface area contributed by atoms with E-state index in [1.54, 1.807) is 0 Å². The van der Waals surface area contributed by atoms with Crippen LogP contribution in [-0.4, -0.2) is 0 Å². The van der Waals surface area contributed by atoms with Crippen molar-refractivity contribution in [2.45, 2.75) is 12.3 Å². The zero-order valence-electron chi connectivity index (χ0n) is 42.9. The Balaban J connectivity index is 1.01. The minimum Gasteiger partial charge on any atom is -0.456 e. The number of fused-ring (bicyclic) bond motifs is 15. The van der Waals surface area contributed by atoms with Crippen molar-refractivity contribution >= 4 is 110 Å². The molecule has 0 bridgehead atoms. The van der Waals surface area contributed by atoms with Crippen molar-refractivity contribution < 1.29 is 8.83 Å². The Hall–Kier alpha value is -10.2. The molecule has 0 amide bonds. The fourth-order valence-electron chi connectivity index (χ4n) is 12.9. The molecule has 0 radical (unpaired) electrons. The maximum atomic E-state index is 6.51. The highest BCUT2D eigenvalue weighted by atomic mass is 16.3. The molecule has 368 valence electrons. The average molecular weight is 999 g/mol. The molecule has 0 spiro atoms. The molecule has 2 heterocycles. The second-order valence-electron chi connectivity index (χ2n) is 20.3. The lowest BCUT2D eigenvalue weighted by Gasteiger charge is -2.35. The number of rotatable bonds is 10. The van der Waals surface area contributed by atoms with Crippen molar-refractivity contribution in [1.29, 1.82) is 0 Å². The Morgan fingerprint density at radius 1 is 0.410 bits per heavy atom. The second-order valence-corrected chi connectivity index (χ2v) is 20.3. The monoisotopic (exact) mass is 998 g/mol. The Kier molecular flexibility index (Phi) is 10.4. The summed E-state index contributed by atoms with van der Waals surface area (Å²) in [6.45, 7) is 7.17. The molecule has 4 nitrogen and oxygen atoms in total. The zero-order valence-corrected chi connectivity index (χ0v) is 42.9. The molecule has 0 N–H and O–H groups in total. The van der Waals surface area contributed by atoms with Gasteiger partial charge in [0.15, 0.2) is 0 Å². The first-order chi connectivity index (χ1) is 38.6. The van der Waals surface area contributed by atoms with Crippen LogP contribution in [0, 0.1) is 0 Å². The van der Waals surface area contributed by atoms with E-state index in [9.17, 15) is 0 Å². The Bertz CT molecular complexity index is 4780. The van der Waals surface area contributed by atoms with E-state index >= 15 is 0 Å². The van der Waals surface area contributed by atoms with Gasteiger partial charge in [0, 0.05) is 33.5 Å². The summed E-state index contributed by atoms with van der Waals surface area (Å²) in [6.07, 6.45) is 8.54. The van der Waals surface area contributed by atoms with Crippen LogP contribution in [0.25, 0.3) is 87.3 Å². The smallest absolute Gasteiger partial charge is 0.137 e. The highest BCUT2D eigenvalue weighted by Gasteiger charge is 2.48. The maximum Gasteiger partial charge on any atom is 0.137 e. The van der Waals surface area contributed by atoms with Crippen LogP contribution in [0.3, 0.4) is 0 Å². The quantitative estimate of drug-likeness (QED) is 0.101. The largest absolute Gasteiger partial charge is 0.456 e. The van der Waals surface area contributed by atoms with Crippen molar-refractivity contribution in [3.05, 3.63) is 302 Å². The van der Waals surface area contributed by atoms with Gasteiger partial charge in [-0.05, 0) is 170 Å². The lowest BCUT2D eigenvalue weighted by Crippen LogP contribution is -2.29. The fraction of sp³-hybridized carbons (Fsp3) is 0.0270. The van der Waals surface area contributed by atoms with Crippen LogP contribution in [0.2, 0.25) is 0 Å². The molecule has 1 aliphatic rings. The number of anilines is 6. The number of nitrogens with zero attached hydrogens (tertiary/aromatic N) is 2. The molecule has 14 aromatic rings. The van der Waals surface area contributed by atoms with E-state index in [1.165, 1.54) is 38.4 Å². The zero-order chi connectivity index (χ0) is 51.9. The number of para-hydroxylation sites is 4. The number of allylic oxidation sites excluding steroid dienone is 5. The SMILES string of the molecule is C=C(/C=C\C=C/C)C1(c2ccccc2)c2cc3cc(N(c4ccccc4)c4cccc5oc6ccccc6c45)ccc3cc2-c2c1c1ccc(N(c3ccccc3)c3cccc4oc5ccccc5c34)cc1c1ccccc21. The van der Waals surface area contributed by atoms with E-state index in [4.69, 9.17) is 15.4 Å². The van der Waals surface area contributed by atoms with Crippen LogP contribution < -0.4 is 9.80 Å². The van der Waals surface area contributed by atoms with Gasteiger partial charge in [-0.3, -0.25) is 0 Å². The summed E-state index contributed by atoms with van der Waals surface area (Å²) in [5.74, 6) is 0. The van der Waals surface area contributed by atoms with Crippen LogP contribution in [0.4, 0.5) is 34.1 Å². The van der Waals surface area contributed by atoms with Gasteiger partial charge in [-0.1, -0.05) is 183 Å². The number of furan rings is 2. The summed E-state index contributed by atoms with van der Waals surface area (Å²) in [5.41, 5.74) is 15.9. The van der Waals surface area contributed by atoms with E-state index < -0.39 is 5.41 Å². The van der Waals surface area contributed by atoms with Gasteiger partial charge in [0.1, 0.15) is 22.3 Å². The third kappa shape index (κ3) is 6.79. The summed E-state index contributed by atoms with van der Waals surface area (Å²) >= 11 is 0. The summed E-state index contributed by atoms with van der Waals surface area (Å²) < 4.78 is 13.0. The summed E-state index contributed by atoms with van der Waals surface area (Å²) in [6, 6.07) is 89.8. The molecule has 0 fully saturated rings. The summed E-state index contributed by atoms with van der Waals surface area (Å²) in [7, 11) is 0. The van der Waals surface area contributed by atoms with Crippen LogP contribution >= 0.6 is 0 Å². The molecule has 4 heteroatoms. The standard InChI is InChI=1S/C74H50N2O2/c1-3-4-8-23-48(2)74(51-24-9-5-10-25-51)63-46-50-44-54(75(52-26-11-6-12-27-52)64-34-21-38-68-71(64)59-32-17-19-36-66(59)77-68)41-40-49(50)45-62(63)70-57-31-16-15-30-56(57)61-47-55(42-43-58(61)73(70)74)76(53-28-13-7-14-29-53)65-35-22-39-69-72(65)60-33-18-20-37-67(60)78-69/h3-47H,2H2,1H3/b4-3-,23-8-. The highest BCUT2D eigenvalue weighted by molar-refractivity contribution is 6.22. The predicted molar refractivity (Wildman–Crippen MR) is 328 cm³/mol. The normalized spacial score (nSPS) is 14.2. The van der Waals surface area contributed by atoms with E-state index in [1.807, 2.05) is 12.1 Å². The summed E-state index contributed by atoms with van der Waals surface area (Å²) in [5, 5.41) is 11.3. The number of hydrogen-bond donors (Lipinski definition) is 0. The molecule has 15 rings (SSSR count). The van der Waals surface area contributed by atoms with Crippen LogP contribution in [0.15, 0.2) is 294 Å². The average Bonchev–Trinajstić information content (AvgIpc) is 3.90. The van der Waals surface area contributed by atoms with Gasteiger partial charge >= 0.3 is 0 Å². The molecule has 0 saturated carbocycles. The highest BCUT2D eigenvalue weighted by Crippen LogP contribution is 2.62. The van der Waals surface area contributed by atoms with E-state index in [2.05, 4.69) is 278 Å². The van der Waals surface area contributed by atoms with Crippen molar-refractivity contribution in [2.75, 3.05) is 9.80 Å². The molecule has 1 atom stereocenters. The summed E-state index contributed by atoms with van der Waals surface area (Å²) in [4.78, 5) is 4.77. The fourth-order valence-corrected chi connectivity index (χ4v) is 12.9. The van der Waals surface area contributed by atoms with Crippen LogP contribution in [-0.2, 0) is 5.41 Å². The van der Waals surface area contributed by atoms with Crippen molar-refractivity contribution in [3.63, 3.8) is 0 Å². The van der Waals surface area contributed by atoms with E-state index in [0.717, 1.165) is 105 Å². The van der Waals surface area contributed by atoms with Gasteiger partial charge < -0.3 is 18.6 Å². The van der Waals surface area contributed by atoms with Gasteiger partial charge in [-0.2, -0.15) is 0 Å². The van der Waals surface area contributed by atoms with Crippen molar-refractivity contribution in [2.24, 2.45) is 0 Å². The third-order valence-corrected chi connectivity index (χ3v) is 16.1. The van der Waals surface area contributed by atoms with Gasteiger partial charge in [0.05, 0.1) is 27.6 Å². The molecular weight excluding hydrogens is 949 g/mol. The van der Waals surface area contributed by atoms with E-state index in [0.29, 0.717) is 0 Å². The number of hydrogen-bond acceptors (Lipinski definition) is 4. The lowest BCUT2D eigenvalue weighted by atomic mass is 9.66. The van der Waals surface area contributed by atoms with Crippen LogP contribution in [0.5, 0.6) is 0 Å². The first-order valence-corrected chi connectivity index (χ1v) is 26.7. The molecule has 0 saturated heterocycles. The predicted octanol–water partition coefficient (Wildman–Crippen LogP) is 20.9. The molecule has 1 unspecified atom stereocenters. The molecule has 12 aromatic carbocycles. The number of benzene rings is 12. The molecular formula is C74H50N2O2. The van der Waals surface area contributed by atoms with Crippen molar-refractivity contribution in [3.8, 4) is 11.1 Å². The lowest BCUT2D eigenvalue weighted by molar-refractivity contribution is 0.668. The topological polar surface area (TPSA) is 32.8 Å². The van der Waals surface area contributed by atoms with Gasteiger partial charge in [0.2, 0.25) is 0 Å². The van der Waals surface area contributed by atoms with Gasteiger partial charge in [-0.25, -0.2) is 0 Å². The minimum atomic E-state index is -0.807. The molecule has 2 aromatic heterocycles. The van der Waals surface area contributed by atoms with Gasteiger partial charge in [-0.15, -0.1) is 0 Å². The van der Waals surface area contributed by atoms with Crippen molar-refractivity contribution in [1.82, 2.24) is 0 Å². The van der Waals surface area contributed by atoms with Crippen LogP contribution in [0.1, 0.15) is 23.6 Å². The molecule has 1 aliphatic carbocycles. The first-order valence-electron chi connectivity index (χ1n) is 26.7. The Labute approximate surface area is 451 Å². The van der Waals surface area contributed by atoms with E-state index in [-0.39, 0.29) is 0 Å². The molecule has 78 heavy (non-hydrogen) atoms. The Morgan fingerprint density at radius 3 is 1.55 bits per heavy atom. The second kappa shape index (κ2) is 18.0. The maximum absolute atomic E-state index is 6.51. The van der Waals surface area contributed by atoms with Gasteiger partial charge in [0.25, 0.3) is 0 Å². The third-order valence-electron chi connectivity index (χ3n) is 16.1. The Morgan fingerprint density at radius 2 is 0.936 bits per heavy atom. The molecule has 0 aliphatic heterocycles.